The van der Waals surface area contributed by atoms with Crippen LogP contribution in [0.2, 0.25) is 5.02 Å². The number of hydrogen-bond acceptors (Lipinski definition) is 5. The van der Waals surface area contributed by atoms with Gasteiger partial charge in [-0.1, -0.05) is 44.0 Å². The standard InChI is InChI=1S/C25H34ClN3O5S/c1-5-7-16-27-25(31)23(6-2)28(17-19-8-14-22(34-3)15-9-19)24(30)18-29(35(4,32)33)21-12-10-20(26)11-13-21/h8-15,23H,5-7,16-18H2,1-4H3,(H,27,31)/t23-/m0/s1. The van der Waals surface area contributed by atoms with Crippen molar-refractivity contribution in [2.45, 2.75) is 45.7 Å². The molecular formula is C25H34ClN3O5S. The van der Waals surface area contributed by atoms with E-state index in [-0.39, 0.29) is 12.5 Å². The maximum Gasteiger partial charge on any atom is 0.244 e. The van der Waals surface area contributed by atoms with Crippen molar-refractivity contribution in [1.82, 2.24) is 10.2 Å². The molecule has 0 aliphatic carbocycles. The second-order valence-electron chi connectivity index (χ2n) is 8.18. The van der Waals surface area contributed by atoms with Crippen LogP contribution < -0.4 is 14.4 Å². The average molecular weight is 524 g/mol. The van der Waals surface area contributed by atoms with Gasteiger partial charge in [0, 0.05) is 18.1 Å². The lowest BCUT2D eigenvalue weighted by atomic mass is 10.1. The van der Waals surface area contributed by atoms with E-state index >= 15 is 0 Å². The van der Waals surface area contributed by atoms with E-state index < -0.39 is 28.5 Å². The van der Waals surface area contributed by atoms with Crippen molar-refractivity contribution < 1.29 is 22.7 Å². The Bertz CT molecular complexity index is 1080. The number of unbranched alkanes of at least 4 members (excludes halogenated alkanes) is 1. The predicted molar refractivity (Wildman–Crippen MR) is 139 cm³/mol. The van der Waals surface area contributed by atoms with Crippen molar-refractivity contribution in [3.8, 4) is 5.75 Å². The normalized spacial score (nSPS) is 12.0. The number of nitrogens with one attached hydrogen (secondary N) is 1. The highest BCUT2D eigenvalue weighted by Crippen LogP contribution is 2.22. The summed E-state index contributed by atoms with van der Waals surface area (Å²) in [6.45, 7) is 4.05. The number of anilines is 1. The SMILES string of the molecule is CCCCNC(=O)[C@H](CC)N(Cc1ccc(OC)cc1)C(=O)CN(c1ccc(Cl)cc1)S(C)(=O)=O. The minimum atomic E-state index is -3.79. The molecular weight excluding hydrogens is 490 g/mol. The van der Waals surface area contributed by atoms with Crippen LogP contribution in [0.3, 0.4) is 0 Å². The van der Waals surface area contributed by atoms with E-state index in [0.29, 0.717) is 29.4 Å². The zero-order valence-electron chi connectivity index (χ0n) is 20.7. The third-order valence-electron chi connectivity index (χ3n) is 5.52. The van der Waals surface area contributed by atoms with Crippen molar-refractivity contribution in [3.63, 3.8) is 0 Å². The van der Waals surface area contributed by atoms with E-state index in [1.807, 2.05) is 26.0 Å². The number of sulfonamides is 1. The van der Waals surface area contributed by atoms with Crippen molar-refractivity contribution in [3.05, 3.63) is 59.1 Å². The van der Waals surface area contributed by atoms with Crippen LogP contribution >= 0.6 is 11.6 Å². The molecule has 0 bridgehead atoms. The summed E-state index contributed by atoms with van der Waals surface area (Å²) in [6, 6.07) is 12.6. The Morgan fingerprint density at radius 2 is 1.69 bits per heavy atom. The maximum absolute atomic E-state index is 13.6. The van der Waals surface area contributed by atoms with Crippen LogP contribution in [0.25, 0.3) is 0 Å². The third kappa shape index (κ3) is 8.43. The van der Waals surface area contributed by atoms with Crippen molar-refractivity contribution in [1.29, 1.82) is 0 Å². The molecule has 35 heavy (non-hydrogen) atoms. The first-order valence-corrected chi connectivity index (χ1v) is 13.8. The van der Waals surface area contributed by atoms with Gasteiger partial charge in [0.2, 0.25) is 21.8 Å². The van der Waals surface area contributed by atoms with E-state index in [4.69, 9.17) is 16.3 Å². The van der Waals surface area contributed by atoms with Gasteiger partial charge in [-0.2, -0.15) is 0 Å². The molecule has 1 atom stereocenters. The molecule has 0 unspecified atom stereocenters. The molecule has 2 rings (SSSR count). The zero-order chi connectivity index (χ0) is 26.0. The smallest absolute Gasteiger partial charge is 0.244 e. The van der Waals surface area contributed by atoms with Crippen LogP contribution in [-0.4, -0.2) is 57.6 Å². The summed E-state index contributed by atoms with van der Waals surface area (Å²) < 4.78 is 31.4. The monoisotopic (exact) mass is 523 g/mol. The molecule has 0 heterocycles. The van der Waals surface area contributed by atoms with Gasteiger partial charge < -0.3 is 15.0 Å². The molecule has 0 aliphatic heterocycles. The van der Waals surface area contributed by atoms with Crippen LogP contribution in [0.4, 0.5) is 5.69 Å². The Balaban J connectivity index is 2.38. The molecule has 0 aliphatic rings. The highest BCUT2D eigenvalue weighted by molar-refractivity contribution is 7.92. The van der Waals surface area contributed by atoms with Gasteiger partial charge in [-0.3, -0.25) is 13.9 Å². The fourth-order valence-corrected chi connectivity index (χ4v) is 4.55. The summed E-state index contributed by atoms with van der Waals surface area (Å²) in [6.07, 6.45) is 3.17. The fourth-order valence-electron chi connectivity index (χ4n) is 3.57. The summed E-state index contributed by atoms with van der Waals surface area (Å²) in [7, 11) is -2.22. The summed E-state index contributed by atoms with van der Waals surface area (Å²) in [5, 5.41) is 3.34. The lowest BCUT2D eigenvalue weighted by molar-refractivity contribution is -0.140. The van der Waals surface area contributed by atoms with Crippen molar-refractivity contribution >= 4 is 39.1 Å². The van der Waals surface area contributed by atoms with E-state index in [9.17, 15) is 18.0 Å². The molecule has 0 fully saturated rings. The first-order chi connectivity index (χ1) is 16.6. The number of nitrogens with zero attached hydrogens (tertiary/aromatic N) is 2. The van der Waals surface area contributed by atoms with Crippen molar-refractivity contribution in [2.75, 3.05) is 30.8 Å². The van der Waals surface area contributed by atoms with E-state index in [1.165, 1.54) is 4.90 Å². The van der Waals surface area contributed by atoms with Gasteiger partial charge in [0.1, 0.15) is 18.3 Å². The summed E-state index contributed by atoms with van der Waals surface area (Å²) in [5.74, 6) is -0.0825. The maximum atomic E-state index is 13.6. The van der Waals surface area contributed by atoms with E-state index in [2.05, 4.69) is 5.32 Å². The Labute approximate surface area is 213 Å². The Hall–Kier alpha value is -2.78. The van der Waals surface area contributed by atoms with E-state index in [1.54, 1.807) is 43.5 Å². The topological polar surface area (TPSA) is 96.0 Å². The third-order valence-corrected chi connectivity index (χ3v) is 6.91. The van der Waals surface area contributed by atoms with Gasteiger partial charge >= 0.3 is 0 Å². The van der Waals surface area contributed by atoms with Crippen molar-refractivity contribution in [2.24, 2.45) is 0 Å². The molecule has 2 aromatic rings. The number of rotatable bonds is 13. The molecule has 2 amide bonds. The van der Waals surface area contributed by atoms with Gasteiger partial charge in [-0.15, -0.1) is 0 Å². The van der Waals surface area contributed by atoms with Crippen LogP contribution in [0.5, 0.6) is 5.75 Å². The number of benzene rings is 2. The van der Waals surface area contributed by atoms with Gasteiger partial charge in [0.05, 0.1) is 19.1 Å². The molecule has 0 spiro atoms. The number of methoxy groups -OCH3 is 1. The lowest BCUT2D eigenvalue weighted by Gasteiger charge is -2.33. The quantitative estimate of drug-likeness (QED) is 0.402. The van der Waals surface area contributed by atoms with E-state index in [0.717, 1.165) is 29.0 Å². The molecule has 192 valence electrons. The minimum Gasteiger partial charge on any atom is -0.497 e. The van der Waals surface area contributed by atoms with Gasteiger partial charge in [-0.25, -0.2) is 8.42 Å². The molecule has 0 radical (unpaired) electrons. The highest BCUT2D eigenvalue weighted by Gasteiger charge is 2.31. The molecule has 10 heteroatoms. The van der Waals surface area contributed by atoms with Gasteiger partial charge in [0.15, 0.2) is 0 Å². The predicted octanol–water partition coefficient (Wildman–Crippen LogP) is 3.84. The summed E-state index contributed by atoms with van der Waals surface area (Å²) >= 11 is 5.95. The highest BCUT2D eigenvalue weighted by atomic mass is 35.5. The molecule has 1 N–H and O–H groups in total. The lowest BCUT2D eigenvalue weighted by Crippen LogP contribution is -2.52. The summed E-state index contributed by atoms with van der Waals surface area (Å²) in [4.78, 5) is 28.0. The average Bonchev–Trinajstić information content (AvgIpc) is 2.83. The van der Waals surface area contributed by atoms with Crippen LogP contribution in [-0.2, 0) is 26.2 Å². The second kappa shape index (κ2) is 13.3. The molecule has 8 nitrogen and oxygen atoms in total. The zero-order valence-corrected chi connectivity index (χ0v) is 22.2. The Morgan fingerprint density at radius 3 is 2.20 bits per heavy atom. The van der Waals surface area contributed by atoms with Gasteiger partial charge in [-0.05, 0) is 54.8 Å². The van der Waals surface area contributed by atoms with Crippen LogP contribution in [0, 0.1) is 0 Å². The number of carbonyl (C=O) groups excluding carboxylic acids is 2. The number of carbonyl (C=O) groups is 2. The number of hydrogen-bond donors (Lipinski definition) is 1. The largest absolute Gasteiger partial charge is 0.497 e. The molecule has 0 saturated carbocycles. The summed E-state index contributed by atoms with van der Waals surface area (Å²) in [5.41, 5.74) is 1.10. The van der Waals surface area contributed by atoms with Crippen LogP contribution in [0.1, 0.15) is 38.7 Å². The van der Waals surface area contributed by atoms with Gasteiger partial charge in [0.25, 0.3) is 0 Å². The fraction of sp³-hybridized carbons (Fsp3) is 0.440. The Kier molecular flexibility index (Phi) is 10.9. The molecule has 0 aromatic heterocycles. The number of amides is 2. The Morgan fingerprint density at radius 1 is 1.06 bits per heavy atom. The number of ether oxygens (including phenoxy) is 1. The first-order valence-electron chi connectivity index (χ1n) is 11.5. The molecule has 2 aromatic carbocycles. The molecule has 0 saturated heterocycles. The minimum absolute atomic E-state index is 0.140. The first kappa shape index (κ1) is 28.5. The van der Waals surface area contributed by atoms with Crippen LogP contribution in [0.15, 0.2) is 48.5 Å². The number of halogens is 1. The second-order valence-corrected chi connectivity index (χ2v) is 10.5.